The average molecular weight is 247 g/mol. The van der Waals surface area contributed by atoms with E-state index in [1.807, 2.05) is 17.0 Å². The minimum absolute atomic E-state index is 0.112. The fourth-order valence-corrected chi connectivity index (χ4v) is 2.21. The van der Waals surface area contributed by atoms with Crippen LogP contribution in [0.3, 0.4) is 0 Å². The molecule has 0 unspecified atom stereocenters. The third kappa shape index (κ3) is 2.88. The highest BCUT2D eigenvalue weighted by Gasteiger charge is 2.21. The molecule has 4 heteroatoms. The van der Waals surface area contributed by atoms with E-state index in [1.54, 1.807) is 6.20 Å². The van der Waals surface area contributed by atoms with Crippen LogP contribution in [0.15, 0.2) is 18.3 Å². The Hall–Kier alpha value is -1.42. The lowest BCUT2D eigenvalue weighted by Crippen LogP contribution is -2.48. The van der Waals surface area contributed by atoms with Crippen LogP contribution < -0.4 is 0 Å². The normalized spacial score (nSPS) is 16.9. The molecule has 18 heavy (non-hydrogen) atoms. The van der Waals surface area contributed by atoms with Gasteiger partial charge in [-0.25, -0.2) is 0 Å². The second kappa shape index (κ2) is 5.96. The number of aromatic nitrogens is 1. The van der Waals surface area contributed by atoms with Crippen molar-refractivity contribution in [3.8, 4) is 0 Å². The molecule has 0 atom stereocenters. The lowest BCUT2D eigenvalue weighted by atomic mass is 10.2. The highest BCUT2D eigenvalue weighted by molar-refractivity contribution is 5.94. The van der Waals surface area contributed by atoms with Gasteiger partial charge in [0.1, 0.15) is 0 Å². The molecule has 0 radical (unpaired) electrons. The number of hydrogen-bond acceptors (Lipinski definition) is 3. The van der Waals surface area contributed by atoms with Crippen LogP contribution in [0.25, 0.3) is 0 Å². The van der Waals surface area contributed by atoms with E-state index in [-0.39, 0.29) is 5.91 Å². The van der Waals surface area contributed by atoms with Crippen LogP contribution in [0, 0.1) is 0 Å². The van der Waals surface area contributed by atoms with Gasteiger partial charge < -0.3 is 9.80 Å². The van der Waals surface area contributed by atoms with Crippen LogP contribution in [0.5, 0.6) is 0 Å². The first kappa shape index (κ1) is 13.0. The summed E-state index contributed by atoms with van der Waals surface area (Å²) >= 11 is 0. The van der Waals surface area contributed by atoms with E-state index in [0.717, 1.165) is 44.8 Å². The molecule has 1 fully saturated rings. The summed E-state index contributed by atoms with van der Waals surface area (Å²) < 4.78 is 0. The third-order valence-electron chi connectivity index (χ3n) is 3.54. The largest absolute Gasteiger partial charge is 0.336 e. The lowest BCUT2D eigenvalue weighted by molar-refractivity contribution is 0.0643. The van der Waals surface area contributed by atoms with E-state index in [4.69, 9.17) is 0 Å². The predicted octanol–water partition coefficient (Wildman–Crippen LogP) is 1.42. The topological polar surface area (TPSA) is 36.4 Å². The number of piperazine rings is 1. The Balaban J connectivity index is 1.98. The first-order chi connectivity index (χ1) is 8.74. The smallest absolute Gasteiger partial charge is 0.255 e. The van der Waals surface area contributed by atoms with Gasteiger partial charge in [0.05, 0.1) is 5.56 Å². The molecule has 0 N–H and O–H groups in total. The van der Waals surface area contributed by atoms with E-state index in [1.165, 1.54) is 0 Å². The molecule has 0 aliphatic carbocycles. The molecule has 2 rings (SSSR count). The monoisotopic (exact) mass is 247 g/mol. The molecule has 1 aliphatic heterocycles. The molecule has 2 heterocycles. The van der Waals surface area contributed by atoms with E-state index < -0.39 is 0 Å². The van der Waals surface area contributed by atoms with Gasteiger partial charge in [-0.3, -0.25) is 9.78 Å². The zero-order valence-electron chi connectivity index (χ0n) is 11.2. The molecule has 1 aliphatic rings. The maximum atomic E-state index is 12.3. The van der Waals surface area contributed by atoms with Crippen molar-refractivity contribution in [2.45, 2.75) is 20.3 Å². The maximum absolute atomic E-state index is 12.3. The fraction of sp³-hybridized carbons (Fsp3) is 0.571. The summed E-state index contributed by atoms with van der Waals surface area (Å²) in [6.07, 6.45) is 2.61. The van der Waals surface area contributed by atoms with Gasteiger partial charge in [-0.2, -0.15) is 0 Å². The Morgan fingerprint density at radius 2 is 1.94 bits per heavy atom. The third-order valence-corrected chi connectivity index (χ3v) is 3.54. The summed E-state index contributed by atoms with van der Waals surface area (Å²) in [5, 5.41) is 0. The van der Waals surface area contributed by atoms with Gasteiger partial charge >= 0.3 is 0 Å². The van der Waals surface area contributed by atoms with E-state index in [9.17, 15) is 4.79 Å². The minimum atomic E-state index is 0.112. The van der Waals surface area contributed by atoms with Crippen LogP contribution >= 0.6 is 0 Å². The first-order valence-corrected chi connectivity index (χ1v) is 6.71. The molecule has 0 saturated carbocycles. The van der Waals surface area contributed by atoms with Gasteiger partial charge in [0.15, 0.2) is 0 Å². The summed E-state index contributed by atoms with van der Waals surface area (Å²) in [6.45, 7) is 8.88. The lowest BCUT2D eigenvalue weighted by Gasteiger charge is -2.34. The second-order valence-corrected chi connectivity index (χ2v) is 4.62. The molecule has 0 spiro atoms. The summed E-state index contributed by atoms with van der Waals surface area (Å²) in [6, 6.07) is 3.83. The number of amides is 1. The number of rotatable bonds is 3. The number of pyridine rings is 1. The summed E-state index contributed by atoms with van der Waals surface area (Å²) in [4.78, 5) is 20.8. The number of aryl methyl sites for hydroxylation is 1. The van der Waals surface area contributed by atoms with Crippen LogP contribution in [0.4, 0.5) is 0 Å². The Kier molecular flexibility index (Phi) is 4.31. The van der Waals surface area contributed by atoms with Crippen LogP contribution in [0.2, 0.25) is 0 Å². The standard InChI is InChI=1S/C14H21N3O/c1-3-13-6-5-12(11-15-13)14(18)17-9-7-16(4-2)8-10-17/h5-6,11H,3-4,7-10H2,1-2H3. The van der Waals surface area contributed by atoms with Crippen molar-refractivity contribution in [1.29, 1.82) is 0 Å². The van der Waals surface area contributed by atoms with Crippen LogP contribution in [-0.4, -0.2) is 53.4 Å². The molecule has 0 bridgehead atoms. The molecular formula is C14H21N3O. The van der Waals surface area contributed by atoms with Crippen molar-refractivity contribution < 1.29 is 4.79 Å². The Morgan fingerprint density at radius 3 is 2.44 bits per heavy atom. The molecule has 1 amide bonds. The summed E-state index contributed by atoms with van der Waals surface area (Å²) in [7, 11) is 0. The molecule has 1 aromatic heterocycles. The number of carbonyl (C=O) groups excluding carboxylic acids is 1. The first-order valence-electron chi connectivity index (χ1n) is 6.71. The molecule has 1 aromatic rings. The van der Waals surface area contributed by atoms with Crippen molar-refractivity contribution in [2.24, 2.45) is 0 Å². The van der Waals surface area contributed by atoms with Gasteiger partial charge in [-0.15, -0.1) is 0 Å². The molecule has 4 nitrogen and oxygen atoms in total. The zero-order valence-corrected chi connectivity index (χ0v) is 11.2. The summed E-state index contributed by atoms with van der Waals surface area (Å²) in [5.41, 5.74) is 1.74. The van der Waals surface area contributed by atoms with E-state index >= 15 is 0 Å². The highest BCUT2D eigenvalue weighted by Crippen LogP contribution is 2.08. The predicted molar refractivity (Wildman–Crippen MR) is 71.6 cm³/mol. The Morgan fingerprint density at radius 1 is 1.22 bits per heavy atom. The SMILES string of the molecule is CCc1ccc(C(=O)N2CCN(CC)CC2)cn1. The van der Waals surface area contributed by atoms with E-state index in [2.05, 4.69) is 23.7 Å². The van der Waals surface area contributed by atoms with Crippen molar-refractivity contribution in [3.05, 3.63) is 29.6 Å². The average Bonchev–Trinajstić information content (AvgIpc) is 2.47. The summed E-state index contributed by atoms with van der Waals surface area (Å²) in [5.74, 6) is 0.112. The van der Waals surface area contributed by atoms with Crippen LogP contribution in [0.1, 0.15) is 29.9 Å². The highest BCUT2D eigenvalue weighted by atomic mass is 16.2. The zero-order chi connectivity index (χ0) is 13.0. The quantitative estimate of drug-likeness (QED) is 0.810. The maximum Gasteiger partial charge on any atom is 0.255 e. The van der Waals surface area contributed by atoms with Crippen molar-refractivity contribution in [3.63, 3.8) is 0 Å². The van der Waals surface area contributed by atoms with Gasteiger partial charge in [-0.1, -0.05) is 13.8 Å². The number of carbonyl (C=O) groups is 1. The molecule has 1 saturated heterocycles. The van der Waals surface area contributed by atoms with Gasteiger partial charge in [-0.05, 0) is 25.1 Å². The van der Waals surface area contributed by atoms with Gasteiger partial charge in [0, 0.05) is 38.1 Å². The van der Waals surface area contributed by atoms with Crippen LogP contribution in [-0.2, 0) is 6.42 Å². The van der Waals surface area contributed by atoms with Crippen molar-refractivity contribution in [1.82, 2.24) is 14.8 Å². The fourth-order valence-electron chi connectivity index (χ4n) is 2.21. The van der Waals surface area contributed by atoms with Gasteiger partial charge in [0.25, 0.3) is 5.91 Å². The number of likely N-dealkylation sites (N-methyl/N-ethyl adjacent to an activating group) is 1. The van der Waals surface area contributed by atoms with Gasteiger partial charge in [0.2, 0.25) is 0 Å². The molecule has 98 valence electrons. The molecule has 0 aromatic carbocycles. The van der Waals surface area contributed by atoms with E-state index in [0.29, 0.717) is 5.56 Å². The number of nitrogens with zero attached hydrogens (tertiary/aromatic N) is 3. The van der Waals surface area contributed by atoms with Crippen molar-refractivity contribution >= 4 is 5.91 Å². The minimum Gasteiger partial charge on any atom is -0.336 e. The second-order valence-electron chi connectivity index (χ2n) is 4.62. The number of hydrogen-bond donors (Lipinski definition) is 0. The Labute approximate surface area is 109 Å². The van der Waals surface area contributed by atoms with Crippen molar-refractivity contribution in [2.75, 3.05) is 32.7 Å². The Bertz CT molecular complexity index is 394. The molecular weight excluding hydrogens is 226 g/mol.